The van der Waals surface area contributed by atoms with Gasteiger partial charge in [-0.25, -0.2) is 4.98 Å². The summed E-state index contributed by atoms with van der Waals surface area (Å²) in [5.74, 6) is 2.46. The lowest BCUT2D eigenvalue weighted by Gasteiger charge is -2.60. The molecule has 3 aromatic heterocycles. The summed E-state index contributed by atoms with van der Waals surface area (Å²) in [5, 5.41) is 11.9. The standard InChI is InChI=1S/C26H31N9O3/c1-16-6-20(32-38-16)8-28-24-23-21(30-25(27)31-24)9-29-35(23)11-19-5-4-18(7-22(19)37-3)10-33-12-26(13-33)14-34(15-26)17(2)36/h4-7,9H,8,10-15H2,1-3H3,(H3,27,28,30,31). The average Bonchev–Trinajstić information content (AvgIpc) is 3.44. The van der Waals surface area contributed by atoms with Crippen molar-refractivity contribution in [1.82, 2.24) is 34.7 Å². The Morgan fingerprint density at radius 3 is 2.71 bits per heavy atom. The normalized spacial score (nSPS) is 16.4. The van der Waals surface area contributed by atoms with E-state index < -0.39 is 0 Å². The van der Waals surface area contributed by atoms with E-state index in [-0.39, 0.29) is 11.9 Å². The van der Waals surface area contributed by atoms with Gasteiger partial charge in [0.2, 0.25) is 11.9 Å². The van der Waals surface area contributed by atoms with Gasteiger partial charge in [-0.15, -0.1) is 0 Å². The molecule has 0 unspecified atom stereocenters. The summed E-state index contributed by atoms with van der Waals surface area (Å²) in [6.07, 6.45) is 1.69. The van der Waals surface area contributed by atoms with Gasteiger partial charge in [0.05, 0.1) is 26.4 Å². The molecule has 1 amide bonds. The van der Waals surface area contributed by atoms with E-state index in [4.69, 9.17) is 15.0 Å². The lowest BCUT2D eigenvalue weighted by Crippen LogP contribution is -2.72. The van der Waals surface area contributed by atoms with E-state index in [1.807, 2.05) is 22.6 Å². The van der Waals surface area contributed by atoms with Crippen LogP contribution in [-0.2, 0) is 24.4 Å². The lowest BCUT2D eigenvalue weighted by atomic mass is 9.72. The number of methoxy groups -OCH3 is 1. The number of likely N-dealkylation sites (tertiary alicyclic amines) is 2. The summed E-state index contributed by atoms with van der Waals surface area (Å²) in [4.78, 5) is 24.6. The zero-order valence-electron chi connectivity index (χ0n) is 21.8. The number of aryl methyl sites for hydroxylation is 1. The molecule has 2 aliphatic rings. The quantitative estimate of drug-likeness (QED) is 0.357. The van der Waals surface area contributed by atoms with Crippen LogP contribution in [0.25, 0.3) is 11.0 Å². The van der Waals surface area contributed by atoms with Gasteiger partial charge in [0.25, 0.3) is 0 Å². The van der Waals surface area contributed by atoms with Crippen molar-refractivity contribution in [3.05, 3.63) is 53.0 Å². The molecule has 0 radical (unpaired) electrons. The van der Waals surface area contributed by atoms with Crippen molar-refractivity contribution < 1.29 is 14.1 Å². The number of ether oxygens (including phenoxy) is 1. The SMILES string of the molecule is COc1cc(CN2CC3(C2)CN(C(C)=O)C3)ccc1Cn1ncc2nc(N)nc(NCc3cc(C)on3)c21. The van der Waals surface area contributed by atoms with Crippen LogP contribution in [0, 0.1) is 12.3 Å². The van der Waals surface area contributed by atoms with Crippen LogP contribution in [0.4, 0.5) is 11.8 Å². The maximum absolute atomic E-state index is 11.5. The van der Waals surface area contributed by atoms with Crippen molar-refractivity contribution in [2.75, 3.05) is 44.3 Å². The Morgan fingerprint density at radius 1 is 1.18 bits per heavy atom. The fourth-order valence-corrected chi connectivity index (χ4v) is 5.57. The van der Waals surface area contributed by atoms with E-state index >= 15 is 0 Å². The maximum atomic E-state index is 11.5. The predicted molar refractivity (Wildman–Crippen MR) is 140 cm³/mol. The molecule has 5 heterocycles. The number of hydrogen-bond donors (Lipinski definition) is 2. The van der Waals surface area contributed by atoms with Crippen LogP contribution >= 0.6 is 0 Å². The predicted octanol–water partition coefficient (Wildman–Crippen LogP) is 2.04. The molecule has 0 saturated carbocycles. The van der Waals surface area contributed by atoms with Crippen molar-refractivity contribution >= 4 is 28.7 Å². The number of aromatic nitrogens is 5. The van der Waals surface area contributed by atoms with Gasteiger partial charge < -0.3 is 25.2 Å². The summed E-state index contributed by atoms with van der Waals surface area (Å²) >= 11 is 0. The molecule has 2 aliphatic heterocycles. The largest absolute Gasteiger partial charge is 0.496 e. The van der Waals surface area contributed by atoms with Crippen molar-refractivity contribution in [3.8, 4) is 5.75 Å². The maximum Gasteiger partial charge on any atom is 0.222 e. The second-order valence-corrected chi connectivity index (χ2v) is 10.4. The minimum atomic E-state index is 0.168. The minimum Gasteiger partial charge on any atom is -0.496 e. The molecule has 3 N–H and O–H groups in total. The van der Waals surface area contributed by atoms with Crippen LogP contribution in [0.1, 0.15) is 29.5 Å². The van der Waals surface area contributed by atoms with Crippen LogP contribution < -0.4 is 15.8 Å². The number of rotatable bonds is 8. The van der Waals surface area contributed by atoms with Crippen LogP contribution in [0.5, 0.6) is 5.75 Å². The molecule has 12 nitrogen and oxygen atoms in total. The van der Waals surface area contributed by atoms with Gasteiger partial charge in [0.15, 0.2) is 5.82 Å². The molecule has 0 atom stereocenters. The molecule has 0 bridgehead atoms. The summed E-state index contributed by atoms with van der Waals surface area (Å²) in [6, 6.07) is 8.18. The Hall–Kier alpha value is -4.19. The van der Waals surface area contributed by atoms with E-state index in [9.17, 15) is 4.79 Å². The van der Waals surface area contributed by atoms with Gasteiger partial charge in [-0.3, -0.25) is 14.4 Å². The lowest BCUT2D eigenvalue weighted by molar-refractivity contribution is -0.157. The molecule has 1 aromatic carbocycles. The van der Waals surface area contributed by atoms with Gasteiger partial charge in [0.1, 0.15) is 28.2 Å². The number of nitrogens with one attached hydrogen (secondary N) is 1. The Kier molecular flexibility index (Phi) is 5.90. The molecule has 2 fully saturated rings. The number of hydrogen-bond acceptors (Lipinski definition) is 10. The first-order valence-corrected chi connectivity index (χ1v) is 12.6. The summed E-state index contributed by atoms with van der Waals surface area (Å²) in [5.41, 5.74) is 10.6. The number of amides is 1. The number of carbonyl (C=O) groups is 1. The Balaban J connectivity index is 1.16. The Bertz CT molecular complexity index is 1500. The zero-order chi connectivity index (χ0) is 26.4. The third-order valence-electron chi connectivity index (χ3n) is 7.31. The van der Waals surface area contributed by atoms with Crippen LogP contribution in [-0.4, -0.2) is 73.9 Å². The van der Waals surface area contributed by atoms with E-state index in [2.05, 4.69) is 48.6 Å². The van der Waals surface area contributed by atoms with Crippen molar-refractivity contribution in [2.24, 2.45) is 5.41 Å². The summed E-state index contributed by atoms with van der Waals surface area (Å²) < 4.78 is 12.8. The van der Waals surface area contributed by atoms with Gasteiger partial charge in [-0.05, 0) is 18.6 Å². The molecule has 4 aromatic rings. The first-order valence-electron chi connectivity index (χ1n) is 12.6. The third kappa shape index (κ3) is 4.51. The highest BCUT2D eigenvalue weighted by molar-refractivity contribution is 5.86. The molecular formula is C26H31N9O3. The smallest absolute Gasteiger partial charge is 0.222 e. The second-order valence-electron chi connectivity index (χ2n) is 10.4. The fourth-order valence-electron chi connectivity index (χ4n) is 5.57. The monoisotopic (exact) mass is 517 g/mol. The molecular weight excluding hydrogens is 486 g/mol. The third-order valence-corrected chi connectivity index (χ3v) is 7.31. The number of nitrogen functional groups attached to an aromatic ring is 1. The molecule has 0 aliphatic carbocycles. The molecule has 198 valence electrons. The molecule has 38 heavy (non-hydrogen) atoms. The number of nitrogens with two attached hydrogens (primary N) is 1. The molecule has 6 rings (SSSR count). The number of carbonyl (C=O) groups excluding carboxylic acids is 1. The summed E-state index contributed by atoms with van der Waals surface area (Å²) in [7, 11) is 1.68. The van der Waals surface area contributed by atoms with E-state index in [0.29, 0.717) is 29.8 Å². The number of fused-ring (bicyclic) bond motifs is 1. The van der Waals surface area contributed by atoms with Crippen LogP contribution in [0.3, 0.4) is 0 Å². The van der Waals surface area contributed by atoms with Crippen molar-refractivity contribution in [1.29, 1.82) is 0 Å². The van der Waals surface area contributed by atoms with E-state index in [0.717, 1.165) is 61.0 Å². The van der Waals surface area contributed by atoms with Crippen molar-refractivity contribution in [2.45, 2.75) is 33.5 Å². The number of nitrogens with zero attached hydrogens (tertiary/aromatic N) is 7. The topological polar surface area (TPSA) is 140 Å². The first-order chi connectivity index (χ1) is 18.3. The van der Waals surface area contributed by atoms with Gasteiger partial charge in [-0.2, -0.15) is 10.1 Å². The minimum absolute atomic E-state index is 0.168. The summed E-state index contributed by atoms with van der Waals surface area (Å²) in [6.45, 7) is 9.05. The highest BCUT2D eigenvalue weighted by Crippen LogP contribution is 2.40. The second kappa shape index (κ2) is 9.28. The van der Waals surface area contributed by atoms with E-state index in [1.165, 1.54) is 5.56 Å². The first kappa shape index (κ1) is 24.2. The number of benzene rings is 1. The van der Waals surface area contributed by atoms with Crippen LogP contribution in [0.15, 0.2) is 35.0 Å². The highest BCUT2D eigenvalue weighted by atomic mass is 16.5. The highest BCUT2D eigenvalue weighted by Gasteiger charge is 2.52. The van der Waals surface area contributed by atoms with Crippen molar-refractivity contribution in [3.63, 3.8) is 0 Å². The zero-order valence-corrected chi connectivity index (χ0v) is 21.8. The van der Waals surface area contributed by atoms with Crippen LogP contribution in [0.2, 0.25) is 0 Å². The molecule has 1 spiro atoms. The fraction of sp³-hybridized carbons (Fsp3) is 0.423. The van der Waals surface area contributed by atoms with E-state index in [1.54, 1.807) is 20.2 Å². The molecule has 12 heteroatoms. The van der Waals surface area contributed by atoms with Gasteiger partial charge in [-0.1, -0.05) is 17.3 Å². The molecule has 2 saturated heterocycles. The Morgan fingerprint density at radius 2 is 2.00 bits per heavy atom. The number of anilines is 2. The van der Waals surface area contributed by atoms with Gasteiger partial charge in [0, 0.05) is 56.7 Å². The Labute approximate surface area is 219 Å². The average molecular weight is 518 g/mol. The van der Waals surface area contributed by atoms with Gasteiger partial charge >= 0.3 is 0 Å².